The summed E-state index contributed by atoms with van der Waals surface area (Å²) in [6.07, 6.45) is -19.0. The zero-order chi connectivity index (χ0) is 23.0. The maximum atomic E-state index is 14.1. The maximum absolute atomic E-state index is 14.1. The summed E-state index contributed by atoms with van der Waals surface area (Å²) in [7, 11) is 0.722. The number of anilines is 1. The van der Waals surface area contributed by atoms with Gasteiger partial charge in [-0.05, 0) is 12.1 Å². The van der Waals surface area contributed by atoms with Gasteiger partial charge in [-0.15, -0.1) is 0 Å². The molecule has 1 rings (SSSR count). The van der Waals surface area contributed by atoms with Crippen molar-refractivity contribution in [1.82, 2.24) is 5.43 Å². The van der Waals surface area contributed by atoms with Gasteiger partial charge in [-0.25, -0.2) is 9.18 Å². The van der Waals surface area contributed by atoms with Gasteiger partial charge in [0.2, 0.25) is 0 Å². The van der Waals surface area contributed by atoms with Crippen molar-refractivity contribution in [2.45, 2.75) is 24.2 Å². The van der Waals surface area contributed by atoms with E-state index in [1.807, 2.05) is 0 Å². The lowest BCUT2D eigenvalue weighted by Crippen LogP contribution is -2.50. The largest absolute Gasteiger partial charge is 0.462 e. The molecule has 0 fully saturated rings. The van der Waals surface area contributed by atoms with Gasteiger partial charge < -0.3 is 4.74 Å². The molecule has 0 atom stereocenters. The number of esters is 1. The van der Waals surface area contributed by atoms with Crippen LogP contribution in [-0.2, 0) is 26.2 Å². The summed E-state index contributed by atoms with van der Waals surface area (Å²) in [5.41, 5.74) is -9.67. The van der Waals surface area contributed by atoms with Crippen molar-refractivity contribution in [2.24, 2.45) is 0 Å². The third-order valence-corrected chi connectivity index (χ3v) is 3.54. The number of methoxy groups -OCH3 is 1. The van der Waals surface area contributed by atoms with Crippen molar-refractivity contribution >= 4 is 29.2 Å². The normalized spacial score (nSPS) is 13.1. The average Bonchev–Trinajstić information content (AvgIpc) is 2.55. The lowest BCUT2D eigenvalue weighted by molar-refractivity contribution is -0.348. The summed E-state index contributed by atoms with van der Waals surface area (Å²) in [5.74, 6) is -3.30. The van der Waals surface area contributed by atoms with Crippen LogP contribution in [0.2, 0.25) is 5.02 Å². The molecule has 2 N–H and O–H groups in total. The first-order chi connectivity index (χ1) is 12.9. The molecular formula is C13H7ClF10N2O3. The highest BCUT2D eigenvalue weighted by Crippen LogP contribution is 2.55. The third-order valence-electron chi connectivity index (χ3n) is 3.25. The summed E-state index contributed by atoms with van der Waals surface area (Å²) < 4.78 is 134. The van der Waals surface area contributed by atoms with Gasteiger partial charge in [0.15, 0.2) is 0 Å². The van der Waals surface area contributed by atoms with Gasteiger partial charge in [0, 0.05) is 5.56 Å². The predicted octanol–water partition coefficient (Wildman–Crippen LogP) is 4.26. The van der Waals surface area contributed by atoms with E-state index >= 15 is 0 Å². The molecule has 0 saturated carbocycles. The van der Waals surface area contributed by atoms with E-state index < -0.39 is 64.0 Å². The smallest absolute Gasteiger partial charge is 0.435 e. The molecule has 0 unspecified atom stereocenters. The van der Waals surface area contributed by atoms with E-state index in [9.17, 15) is 53.5 Å². The minimum Gasteiger partial charge on any atom is -0.462 e. The highest BCUT2D eigenvalue weighted by Gasteiger charge is 2.73. The number of halogens is 11. The first-order valence-electron chi connectivity index (χ1n) is 6.75. The highest BCUT2D eigenvalue weighted by molar-refractivity contribution is 6.34. The second-order valence-corrected chi connectivity index (χ2v) is 5.51. The number of rotatable bonds is 3. The molecule has 5 nitrogen and oxygen atoms in total. The minimum atomic E-state index is -6.69. The molecule has 1 aromatic rings. The number of benzene rings is 1. The molecule has 0 aliphatic carbocycles. The predicted molar refractivity (Wildman–Crippen MR) is 75.1 cm³/mol. The van der Waals surface area contributed by atoms with Crippen LogP contribution in [0.3, 0.4) is 0 Å². The second-order valence-electron chi connectivity index (χ2n) is 5.10. The summed E-state index contributed by atoms with van der Waals surface area (Å²) in [6, 6.07) is -1.14. The van der Waals surface area contributed by atoms with Crippen LogP contribution >= 0.6 is 11.6 Å². The van der Waals surface area contributed by atoms with Gasteiger partial charge in [-0.1, -0.05) is 11.6 Å². The van der Waals surface area contributed by atoms with Crippen molar-refractivity contribution in [3.63, 3.8) is 0 Å². The Bertz CT molecular complexity index is 790. The lowest BCUT2D eigenvalue weighted by Gasteiger charge is -2.31. The SMILES string of the molecule is COC(=O)C(=O)NNc1c(Cl)cc(C(F)(C(F)(F)F)C(F)(F)F)cc1C(F)(F)F. The molecule has 0 aromatic heterocycles. The zero-order valence-electron chi connectivity index (χ0n) is 13.5. The van der Waals surface area contributed by atoms with E-state index in [1.165, 1.54) is 10.9 Å². The molecular weight excluding hydrogens is 458 g/mol. The molecule has 0 spiro atoms. The number of hydrogen-bond acceptors (Lipinski definition) is 4. The standard InChI is InChI=1S/C13H7ClF10N2O3/c1-29-9(28)8(27)26-25-7-5(11(16,17)18)2-4(3-6(7)14)10(15,12(19,20)21)13(22,23)24/h2-3,25H,1H3,(H,26,27). The molecule has 0 saturated heterocycles. The molecule has 1 amide bonds. The second kappa shape index (κ2) is 7.76. The Labute approximate surface area is 158 Å². The Morgan fingerprint density at radius 2 is 1.41 bits per heavy atom. The summed E-state index contributed by atoms with van der Waals surface area (Å²) >= 11 is 5.31. The highest BCUT2D eigenvalue weighted by atomic mass is 35.5. The van der Waals surface area contributed by atoms with Gasteiger partial charge in [0.05, 0.1) is 23.4 Å². The van der Waals surface area contributed by atoms with Gasteiger partial charge in [0.1, 0.15) is 0 Å². The van der Waals surface area contributed by atoms with E-state index in [0.29, 0.717) is 0 Å². The Morgan fingerprint density at radius 1 is 0.931 bits per heavy atom. The van der Waals surface area contributed by atoms with Crippen molar-refractivity contribution in [1.29, 1.82) is 0 Å². The number of nitrogens with one attached hydrogen (secondary N) is 2. The molecule has 16 heteroatoms. The number of hydrogen-bond donors (Lipinski definition) is 2. The Hall–Kier alpha value is -2.45. The van der Waals surface area contributed by atoms with Crippen LogP contribution in [0.4, 0.5) is 49.6 Å². The van der Waals surface area contributed by atoms with Crippen LogP contribution in [0.1, 0.15) is 11.1 Å². The first-order valence-corrected chi connectivity index (χ1v) is 7.13. The number of ether oxygens (including phenoxy) is 1. The van der Waals surface area contributed by atoms with Crippen LogP contribution in [0.25, 0.3) is 0 Å². The molecule has 0 aliphatic heterocycles. The van der Waals surface area contributed by atoms with Gasteiger partial charge >= 0.3 is 36.1 Å². The van der Waals surface area contributed by atoms with Gasteiger partial charge in [-0.2, -0.15) is 39.5 Å². The van der Waals surface area contributed by atoms with Gasteiger partial charge in [0.25, 0.3) is 0 Å². The first kappa shape index (κ1) is 24.6. The number of carbonyl (C=O) groups is 2. The number of amides is 1. The molecule has 0 radical (unpaired) electrons. The molecule has 0 aliphatic rings. The van der Waals surface area contributed by atoms with Crippen molar-refractivity contribution in [3.8, 4) is 0 Å². The fourth-order valence-corrected chi connectivity index (χ4v) is 2.17. The van der Waals surface area contributed by atoms with Crippen molar-refractivity contribution in [2.75, 3.05) is 12.5 Å². The number of alkyl halides is 10. The maximum Gasteiger partial charge on any atom is 0.435 e. The third kappa shape index (κ3) is 4.76. The zero-order valence-corrected chi connectivity index (χ0v) is 14.3. The number of carbonyl (C=O) groups excluding carboxylic acids is 2. The van der Waals surface area contributed by atoms with Gasteiger partial charge in [-0.3, -0.25) is 15.6 Å². The summed E-state index contributed by atoms with van der Waals surface area (Å²) in [5, 5.41) is -1.48. The quantitative estimate of drug-likeness (QED) is 0.304. The van der Waals surface area contributed by atoms with Crippen molar-refractivity contribution in [3.05, 3.63) is 28.3 Å². The van der Waals surface area contributed by atoms with Crippen molar-refractivity contribution < 1.29 is 58.2 Å². The average molecular weight is 465 g/mol. The van der Waals surface area contributed by atoms with E-state index in [-0.39, 0.29) is 6.07 Å². The van der Waals surface area contributed by atoms with E-state index in [4.69, 9.17) is 11.6 Å². The van der Waals surface area contributed by atoms with Crippen LogP contribution in [0.5, 0.6) is 0 Å². The Morgan fingerprint density at radius 3 is 1.79 bits per heavy atom. The van der Waals surface area contributed by atoms with Crippen LogP contribution in [-0.4, -0.2) is 31.3 Å². The molecule has 1 aromatic carbocycles. The topological polar surface area (TPSA) is 67.4 Å². The Kier molecular flexibility index (Phi) is 6.58. The van der Waals surface area contributed by atoms with Crippen LogP contribution in [0, 0.1) is 0 Å². The van der Waals surface area contributed by atoms with E-state index in [1.54, 1.807) is 0 Å². The molecule has 0 bridgehead atoms. The van der Waals surface area contributed by atoms with Crippen LogP contribution < -0.4 is 10.9 Å². The van der Waals surface area contributed by atoms with E-state index in [0.717, 1.165) is 7.11 Å². The fourth-order valence-electron chi connectivity index (χ4n) is 1.91. The monoisotopic (exact) mass is 464 g/mol. The van der Waals surface area contributed by atoms with E-state index in [2.05, 4.69) is 4.74 Å². The number of hydrazine groups is 1. The molecule has 29 heavy (non-hydrogen) atoms. The minimum absolute atomic E-state index is 0.357. The molecule has 164 valence electrons. The summed E-state index contributed by atoms with van der Waals surface area (Å²) in [6.45, 7) is 0. The fraction of sp³-hybridized carbons (Fsp3) is 0.385. The Balaban J connectivity index is 3.64. The van der Waals surface area contributed by atoms with Crippen LogP contribution in [0.15, 0.2) is 12.1 Å². The lowest BCUT2D eigenvalue weighted by atomic mass is 9.92. The summed E-state index contributed by atoms with van der Waals surface area (Å²) in [4.78, 5) is 22.1. The molecule has 0 heterocycles.